The number of halogens is 6. The van der Waals surface area contributed by atoms with Gasteiger partial charge < -0.3 is 0 Å². The van der Waals surface area contributed by atoms with Crippen LogP contribution in [0, 0.1) is 46.2 Å². The summed E-state index contributed by atoms with van der Waals surface area (Å²) in [6, 6.07) is 4.76. The molecule has 0 amide bonds. The van der Waals surface area contributed by atoms with Crippen molar-refractivity contribution in [2.45, 2.75) is 6.42 Å². The molecule has 0 spiro atoms. The molecule has 0 fully saturated rings. The second kappa shape index (κ2) is 5.48. The number of nitriles is 1. The molecule has 0 N–H and O–H groups in total. The van der Waals surface area contributed by atoms with Crippen LogP contribution in [0.1, 0.15) is 5.56 Å². The second-order valence-electron chi connectivity index (χ2n) is 4.05. The van der Waals surface area contributed by atoms with Gasteiger partial charge in [0.05, 0.1) is 18.1 Å². The van der Waals surface area contributed by atoms with Crippen LogP contribution in [0.2, 0.25) is 0 Å². The smallest absolute Gasteiger partial charge is 0.200 e. The first-order valence-electron chi connectivity index (χ1n) is 5.56. The van der Waals surface area contributed by atoms with Crippen molar-refractivity contribution in [2.24, 2.45) is 0 Å². The van der Waals surface area contributed by atoms with Crippen LogP contribution in [0.4, 0.5) is 26.3 Å². The molecule has 108 valence electrons. The van der Waals surface area contributed by atoms with E-state index in [0.29, 0.717) is 0 Å². The molecular formula is C14H5F6N. The van der Waals surface area contributed by atoms with Crippen molar-refractivity contribution in [3.63, 3.8) is 0 Å². The number of benzene rings is 2. The summed E-state index contributed by atoms with van der Waals surface area (Å²) in [6.07, 6.45) is -0.452. The summed E-state index contributed by atoms with van der Waals surface area (Å²) in [7, 11) is 0. The minimum atomic E-state index is -2.33. The second-order valence-corrected chi connectivity index (χ2v) is 4.05. The van der Waals surface area contributed by atoms with E-state index in [2.05, 4.69) is 0 Å². The van der Waals surface area contributed by atoms with Gasteiger partial charge in [-0.25, -0.2) is 26.3 Å². The zero-order valence-electron chi connectivity index (χ0n) is 10.2. The Bertz CT molecular complexity index is 734. The van der Waals surface area contributed by atoms with E-state index in [1.165, 1.54) is 6.07 Å². The van der Waals surface area contributed by atoms with E-state index in [0.717, 1.165) is 12.1 Å². The molecule has 0 aliphatic carbocycles. The van der Waals surface area contributed by atoms with Gasteiger partial charge in [-0.05, 0) is 11.6 Å². The van der Waals surface area contributed by atoms with Crippen molar-refractivity contribution in [1.29, 1.82) is 5.26 Å². The molecule has 0 unspecified atom stereocenters. The standard InChI is InChI=1S/C14H5F6N/c15-7-3-1-2-6(4-5-21)8(7)9-10(16)12(18)14(20)13(19)11(9)17/h1-3H,4H2. The lowest BCUT2D eigenvalue weighted by molar-refractivity contribution is 0.381. The SMILES string of the molecule is N#CCc1cccc(F)c1-c1c(F)c(F)c(F)c(F)c1F. The summed E-state index contributed by atoms with van der Waals surface area (Å²) in [4.78, 5) is 0. The Labute approximate surface area is 115 Å². The average Bonchev–Trinajstić information content (AvgIpc) is 2.46. The summed E-state index contributed by atoms with van der Waals surface area (Å²) < 4.78 is 80.6. The largest absolute Gasteiger partial charge is 0.206 e. The molecule has 0 radical (unpaired) electrons. The summed E-state index contributed by atoms with van der Waals surface area (Å²) >= 11 is 0. The summed E-state index contributed by atoms with van der Waals surface area (Å²) in [6.45, 7) is 0. The molecule has 0 saturated carbocycles. The first kappa shape index (κ1) is 14.9. The average molecular weight is 301 g/mol. The van der Waals surface area contributed by atoms with Crippen molar-refractivity contribution < 1.29 is 26.3 Å². The predicted octanol–water partition coefficient (Wildman–Crippen LogP) is 4.25. The zero-order valence-corrected chi connectivity index (χ0v) is 10.2. The summed E-state index contributed by atoms with van der Waals surface area (Å²) in [5, 5.41) is 8.61. The van der Waals surface area contributed by atoms with Crippen LogP contribution in [0.5, 0.6) is 0 Å². The van der Waals surface area contributed by atoms with Gasteiger partial charge in [0.2, 0.25) is 5.82 Å². The van der Waals surface area contributed by atoms with Gasteiger partial charge in [0, 0.05) is 5.56 Å². The highest BCUT2D eigenvalue weighted by Gasteiger charge is 2.29. The Morgan fingerprint density at radius 1 is 0.762 bits per heavy atom. The Kier molecular flexibility index (Phi) is 3.89. The van der Waals surface area contributed by atoms with Crippen molar-refractivity contribution >= 4 is 0 Å². The maximum absolute atomic E-state index is 13.8. The maximum atomic E-state index is 13.8. The predicted molar refractivity (Wildman–Crippen MR) is 60.9 cm³/mol. The molecule has 0 aliphatic rings. The third-order valence-corrected chi connectivity index (χ3v) is 2.83. The highest BCUT2D eigenvalue weighted by Crippen LogP contribution is 2.35. The van der Waals surface area contributed by atoms with Gasteiger partial charge in [0.1, 0.15) is 5.82 Å². The Balaban J connectivity index is 2.90. The van der Waals surface area contributed by atoms with E-state index in [9.17, 15) is 26.3 Å². The fourth-order valence-corrected chi connectivity index (χ4v) is 1.91. The third kappa shape index (κ3) is 2.33. The van der Waals surface area contributed by atoms with E-state index in [1.807, 2.05) is 0 Å². The van der Waals surface area contributed by atoms with Crippen LogP contribution in [-0.4, -0.2) is 0 Å². The lowest BCUT2D eigenvalue weighted by atomic mass is 9.96. The normalized spacial score (nSPS) is 10.5. The molecule has 0 bridgehead atoms. The fourth-order valence-electron chi connectivity index (χ4n) is 1.91. The minimum absolute atomic E-state index is 0.180. The molecule has 0 aliphatic heterocycles. The molecule has 0 aromatic heterocycles. The molecule has 21 heavy (non-hydrogen) atoms. The summed E-state index contributed by atoms with van der Waals surface area (Å²) in [5.41, 5.74) is -2.37. The summed E-state index contributed by atoms with van der Waals surface area (Å²) in [5.74, 6) is -12.1. The lowest BCUT2D eigenvalue weighted by Crippen LogP contribution is -2.06. The quantitative estimate of drug-likeness (QED) is 0.462. The molecule has 0 heterocycles. The van der Waals surface area contributed by atoms with Gasteiger partial charge in [-0.15, -0.1) is 0 Å². The number of rotatable bonds is 2. The van der Waals surface area contributed by atoms with Crippen molar-refractivity contribution in [3.05, 3.63) is 58.7 Å². The fraction of sp³-hybridized carbons (Fsp3) is 0.0714. The molecule has 0 atom stereocenters. The minimum Gasteiger partial charge on any atom is -0.206 e. The van der Waals surface area contributed by atoms with Crippen LogP contribution < -0.4 is 0 Å². The molecule has 0 saturated heterocycles. The van der Waals surface area contributed by atoms with E-state index in [4.69, 9.17) is 5.26 Å². The highest BCUT2D eigenvalue weighted by molar-refractivity contribution is 5.70. The van der Waals surface area contributed by atoms with Crippen LogP contribution in [0.15, 0.2) is 18.2 Å². The van der Waals surface area contributed by atoms with Crippen molar-refractivity contribution in [3.8, 4) is 17.2 Å². The molecule has 1 nitrogen and oxygen atoms in total. The maximum Gasteiger partial charge on any atom is 0.200 e. The van der Waals surface area contributed by atoms with Gasteiger partial charge >= 0.3 is 0 Å². The first-order chi connectivity index (χ1) is 9.90. The van der Waals surface area contributed by atoms with E-state index >= 15 is 0 Å². The number of nitrogens with zero attached hydrogens (tertiary/aromatic N) is 1. The van der Waals surface area contributed by atoms with Crippen LogP contribution >= 0.6 is 0 Å². The number of hydrogen-bond donors (Lipinski definition) is 0. The monoisotopic (exact) mass is 301 g/mol. The van der Waals surface area contributed by atoms with Crippen LogP contribution in [0.3, 0.4) is 0 Å². The number of hydrogen-bond acceptors (Lipinski definition) is 1. The highest BCUT2D eigenvalue weighted by atomic mass is 19.2. The van der Waals surface area contributed by atoms with Gasteiger partial charge in [-0.2, -0.15) is 5.26 Å². The molecule has 2 rings (SSSR count). The Morgan fingerprint density at radius 2 is 1.29 bits per heavy atom. The zero-order chi connectivity index (χ0) is 15.7. The van der Waals surface area contributed by atoms with Crippen molar-refractivity contribution in [1.82, 2.24) is 0 Å². The van der Waals surface area contributed by atoms with Crippen LogP contribution in [-0.2, 0) is 6.42 Å². The van der Waals surface area contributed by atoms with Gasteiger partial charge in [0.25, 0.3) is 0 Å². The van der Waals surface area contributed by atoms with E-state index in [-0.39, 0.29) is 5.56 Å². The van der Waals surface area contributed by atoms with Gasteiger partial charge in [0.15, 0.2) is 23.3 Å². The molecule has 2 aromatic rings. The molecule has 2 aromatic carbocycles. The molecule has 7 heteroatoms. The topological polar surface area (TPSA) is 23.8 Å². The third-order valence-electron chi connectivity index (χ3n) is 2.83. The van der Waals surface area contributed by atoms with E-state index < -0.39 is 52.5 Å². The van der Waals surface area contributed by atoms with Crippen molar-refractivity contribution in [2.75, 3.05) is 0 Å². The van der Waals surface area contributed by atoms with E-state index in [1.54, 1.807) is 6.07 Å². The molecular weight excluding hydrogens is 296 g/mol. The van der Waals surface area contributed by atoms with Gasteiger partial charge in [-0.1, -0.05) is 12.1 Å². The Hall–Kier alpha value is -2.49. The lowest BCUT2D eigenvalue weighted by Gasteiger charge is -2.12. The Morgan fingerprint density at radius 3 is 1.81 bits per heavy atom. The van der Waals surface area contributed by atoms with Gasteiger partial charge in [-0.3, -0.25) is 0 Å². The van der Waals surface area contributed by atoms with Crippen LogP contribution in [0.25, 0.3) is 11.1 Å². The first-order valence-corrected chi connectivity index (χ1v) is 5.56.